The number of fused-ring (bicyclic) bond motifs is 1. The highest BCUT2D eigenvalue weighted by Gasteiger charge is 2.23. The summed E-state index contributed by atoms with van der Waals surface area (Å²) in [5, 5.41) is 8.08. The van der Waals surface area contributed by atoms with E-state index in [0.29, 0.717) is 23.3 Å². The number of benzene rings is 2. The van der Waals surface area contributed by atoms with E-state index in [4.69, 9.17) is 5.14 Å². The number of hydrogen-bond acceptors (Lipinski definition) is 7. The predicted octanol–water partition coefficient (Wildman–Crippen LogP) is 3.01. The number of primary sulfonamides is 1. The normalized spacial score (nSPS) is 12.4. The van der Waals surface area contributed by atoms with E-state index in [-0.39, 0.29) is 20.5 Å². The first-order chi connectivity index (χ1) is 15.1. The third-order valence-corrected chi connectivity index (χ3v) is 8.61. The maximum atomic E-state index is 12.8. The number of anilines is 1. The molecule has 0 fully saturated rings. The number of nitrogens with zero attached hydrogens (tertiary/aromatic N) is 2. The van der Waals surface area contributed by atoms with E-state index in [1.807, 2.05) is 6.92 Å². The number of nitrogens with two attached hydrogens (primary N) is 1. The van der Waals surface area contributed by atoms with Gasteiger partial charge in [-0.3, -0.25) is 10.1 Å². The Labute approximate surface area is 191 Å². The molecule has 1 aromatic heterocycles. The summed E-state index contributed by atoms with van der Waals surface area (Å²) in [6, 6.07) is 9.98. The molecular weight excluding hydrogens is 472 g/mol. The van der Waals surface area contributed by atoms with Crippen molar-refractivity contribution >= 4 is 52.6 Å². The predicted molar refractivity (Wildman–Crippen MR) is 125 cm³/mol. The first kappa shape index (κ1) is 24.3. The number of thiazole rings is 1. The van der Waals surface area contributed by atoms with Crippen LogP contribution in [0.3, 0.4) is 0 Å². The van der Waals surface area contributed by atoms with Crippen LogP contribution in [0.2, 0.25) is 0 Å². The Morgan fingerprint density at radius 3 is 2.31 bits per heavy atom. The molecule has 3 N–H and O–H groups in total. The fourth-order valence-electron chi connectivity index (χ4n) is 3.01. The summed E-state index contributed by atoms with van der Waals surface area (Å²) >= 11 is 1.11. The number of carbonyl (C=O) groups excluding carboxylic acids is 1. The van der Waals surface area contributed by atoms with Crippen LogP contribution in [0.15, 0.2) is 52.3 Å². The van der Waals surface area contributed by atoms with Gasteiger partial charge in [0, 0.05) is 18.7 Å². The van der Waals surface area contributed by atoms with Crippen LogP contribution in [0.5, 0.6) is 0 Å². The Morgan fingerprint density at radius 2 is 1.72 bits per heavy atom. The number of rotatable bonds is 9. The molecule has 0 aliphatic carbocycles. The van der Waals surface area contributed by atoms with Crippen LogP contribution in [0.1, 0.15) is 37.0 Å². The van der Waals surface area contributed by atoms with Crippen molar-refractivity contribution in [2.24, 2.45) is 5.14 Å². The molecule has 0 aliphatic heterocycles. The highest BCUT2D eigenvalue weighted by molar-refractivity contribution is 7.89. The Balaban J connectivity index is 1.77. The second-order valence-corrected chi connectivity index (χ2v) is 11.6. The zero-order chi connectivity index (χ0) is 23.5. The molecule has 32 heavy (non-hydrogen) atoms. The summed E-state index contributed by atoms with van der Waals surface area (Å²) < 4.78 is 50.6. The molecule has 9 nitrogen and oxygen atoms in total. The number of sulfonamides is 2. The van der Waals surface area contributed by atoms with Gasteiger partial charge in [0.15, 0.2) is 5.13 Å². The van der Waals surface area contributed by atoms with E-state index in [9.17, 15) is 21.6 Å². The van der Waals surface area contributed by atoms with Crippen LogP contribution < -0.4 is 10.5 Å². The average Bonchev–Trinajstić information content (AvgIpc) is 3.15. The monoisotopic (exact) mass is 496 g/mol. The summed E-state index contributed by atoms with van der Waals surface area (Å²) in [6.45, 7) is 4.61. The lowest BCUT2D eigenvalue weighted by Crippen LogP contribution is -2.31. The molecule has 1 heterocycles. The molecule has 0 atom stereocenters. The molecule has 0 saturated carbocycles. The molecule has 0 spiro atoms. The SMILES string of the molecule is CCCCN(CC)S(=O)(=O)c1ccc(C(=O)Nc2nc3ccc(S(N)(=O)=O)cc3s2)cc1. The van der Waals surface area contributed by atoms with Crippen LogP contribution in [-0.2, 0) is 20.0 Å². The second kappa shape index (κ2) is 9.63. The summed E-state index contributed by atoms with van der Waals surface area (Å²) in [7, 11) is -7.47. The highest BCUT2D eigenvalue weighted by Crippen LogP contribution is 2.28. The van der Waals surface area contributed by atoms with Gasteiger partial charge in [0.2, 0.25) is 20.0 Å². The standard InChI is InChI=1S/C20H24N4O5S3/c1-3-5-12-24(4-2)32(28,29)15-8-6-14(7-9-15)19(25)23-20-22-17-11-10-16(31(21,26)27)13-18(17)30-20/h6-11,13H,3-5,12H2,1-2H3,(H2,21,26,27)(H,22,23,25). The van der Waals surface area contributed by atoms with Crippen molar-refractivity contribution in [2.75, 3.05) is 18.4 Å². The second-order valence-electron chi connectivity index (χ2n) is 7.02. The Morgan fingerprint density at radius 1 is 1.06 bits per heavy atom. The third kappa shape index (κ3) is 5.33. The van der Waals surface area contributed by atoms with E-state index in [1.54, 1.807) is 6.92 Å². The number of nitrogens with one attached hydrogen (secondary N) is 1. The Bertz CT molecular complexity index is 1330. The molecule has 2 aromatic carbocycles. The first-order valence-electron chi connectivity index (χ1n) is 9.91. The minimum Gasteiger partial charge on any atom is -0.298 e. The van der Waals surface area contributed by atoms with Gasteiger partial charge in [0.05, 0.1) is 20.0 Å². The summed E-state index contributed by atoms with van der Waals surface area (Å²) in [4.78, 5) is 16.9. The van der Waals surface area contributed by atoms with E-state index < -0.39 is 26.0 Å². The molecule has 0 bridgehead atoms. The largest absolute Gasteiger partial charge is 0.298 e. The fourth-order valence-corrected chi connectivity index (χ4v) is 6.02. The van der Waals surface area contributed by atoms with Gasteiger partial charge in [-0.2, -0.15) is 4.31 Å². The van der Waals surface area contributed by atoms with Crippen LogP contribution in [0.25, 0.3) is 10.2 Å². The number of hydrogen-bond donors (Lipinski definition) is 2. The molecule has 0 radical (unpaired) electrons. The average molecular weight is 497 g/mol. The number of unbranched alkanes of at least 4 members (excludes halogenated alkanes) is 1. The molecule has 12 heteroatoms. The van der Waals surface area contributed by atoms with Crippen LogP contribution in [0, 0.1) is 0 Å². The van der Waals surface area contributed by atoms with Crippen molar-refractivity contribution in [1.29, 1.82) is 0 Å². The topological polar surface area (TPSA) is 140 Å². The number of aromatic nitrogens is 1. The van der Waals surface area contributed by atoms with Crippen LogP contribution >= 0.6 is 11.3 Å². The third-order valence-electron chi connectivity index (χ3n) is 4.78. The van der Waals surface area contributed by atoms with Crippen molar-refractivity contribution in [3.8, 4) is 0 Å². The minimum absolute atomic E-state index is 0.0385. The van der Waals surface area contributed by atoms with Gasteiger partial charge >= 0.3 is 0 Å². The van der Waals surface area contributed by atoms with Crippen LogP contribution in [-0.4, -0.2) is 45.1 Å². The van der Waals surface area contributed by atoms with Gasteiger partial charge in [0.25, 0.3) is 5.91 Å². The van der Waals surface area contributed by atoms with Gasteiger partial charge in [-0.05, 0) is 48.9 Å². The number of amides is 1. The lowest BCUT2D eigenvalue weighted by Gasteiger charge is -2.20. The molecule has 0 unspecified atom stereocenters. The fraction of sp³-hybridized carbons (Fsp3) is 0.300. The van der Waals surface area contributed by atoms with E-state index in [2.05, 4.69) is 10.3 Å². The van der Waals surface area contributed by atoms with Gasteiger partial charge in [0.1, 0.15) is 0 Å². The molecule has 172 valence electrons. The molecule has 3 aromatic rings. The molecular formula is C20H24N4O5S3. The van der Waals surface area contributed by atoms with E-state index >= 15 is 0 Å². The lowest BCUT2D eigenvalue weighted by molar-refractivity contribution is 0.102. The van der Waals surface area contributed by atoms with Gasteiger partial charge in [-0.25, -0.2) is 27.0 Å². The van der Waals surface area contributed by atoms with Crippen molar-refractivity contribution < 1.29 is 21.6 Å². The highest BCUT2D eigenvalue weighted by atomic mass is 32.2. The molecule has 0 aliphatic rings. The van der Waals surface area contributed by atoms with Crippen molar-refractivity contribution in [3.63, 3.8) is 0 Å². The zero-order valence-electron chi connectivity index (χ0n) is 17.6. The van der Waals surface area contributed by atoms with Crippen molar-refractivity contribution in [1.82, 2.24) is 9.29 Å². The Kier molecular flexibility index (Phi) is 7.30. The maximum absolute atomic E-state index is 12.8. The van der Waals surface area contributed by atoms with E-state index in [1.165, 1.54) is 46.8 Å². The molecule has 0 saturated heterocycles. The van der Waals surface area contributed by atoms with E-state index in [0.717, 1.165) is 24.2 Å². The lowest BCUT2D eigenvalue weighted by atomic mass is 10.2. The number of carbonyl (C=O) groups is 1. The molecule has 3 rings (SSSR count). The van der Waals surface area contributed by atoms with Crippen molar-refractivity contribution in [3.05, 3.63) is 48.0 Å². The van der Waals surface area contributed by atoms with Crippen LogP contribution in [0.4, 0.5) is 5.13 Å². The zero-order valence-corrected chi connectivity index (χ0v) is 20.1. The summed E-state index contributed by atoms with van der Waals surface area (Å²) in [5.74, 6) is -0.460. The first-order valence-corrected chi connectivity index (χ1v) is 13.7. The quantitative estimate of drug-likeness (QED) is 0.467. The van der Waals surface area contributed by atoms with Gasteiger partial charge in [-0.15, -0.1) is 0 Å². The van der Waals surface area contributed by atoms with Crippen molar-refractivity contribution in [2.45, 2.75) is 36.5 Å². The summed E-state index contributed by atoms with van der Waals surface area (Å²) in [5.41, 5.74) is 0.788. The van der Waals surface area contributed by atoms with Gasteiger partial charge < -0.3 is 0 Å². The summed E-state index contributed by atoms with van der Waals surface area (Å²) in [6.07, 6.45) is 1.66. The van der Waals surface area contributed by atoms with Gasteiger partial charge in [-0.1, -0.05) is 31.6 Å². The minimum atomic E-state index is -3.84. The smallest absolute Gasteiger partial charge is 0.257 e. The molecule has 1 amide bonds. The Hall–Kier alpha value is -2.38. The maximum Gasteiger partial charge on any atom is 0.257 e.